The lowest BCUT2D eigenvalue weighted by molar-refractivity contribution is 0.0989. The fourth-order valence-electron chi connectivity index (χ4n) is 1.88. The maximum Gasteiger partial charge on any atom is 0.274 e. The Morgan fingerprint density at radius 2 is 2.22 bits per heavy atom. The molecule has 2 aromatic heterocycles. The zero-order valence-corrected chi connectivity index (χ0v) is 10.9. The van der Waals surface area contributed by atoms with E-state index in [1.807, 2.05) is 12.3 Å². The average Bonchev–Trinajstić information content (AvgIpc) is 2.96. The zero-order valence-electron chi connectivity index (χ0n) is 10.9. The second kappa shape index (κ2) is 5.08. The molecule has 0 aliphatic heterocycles. The first-order valence-corrected chi connectivity index (χ1v) is 6.02. The summed E-state index contributed by atoms with van der Waals surface area (Å²) >= 11 is 0. The highest BCUT2D eigenvalue weighted by Crippen LogP contribution is 2.15. The van der Waals surface area contributed by atoms with Crippen LogP contribution in [0.5, 0.6) is 0 Å². The first-order chi connectivity index (χ1) is 8.58. The van der Waals surface area contributed by atoms with Gasteiger partial charge < -0.3 is 9.88 Å². The fraction of sp³-hybridized carbons (Fsp3) is 0.385. The third-order valence-corrected chi connectivity index (χ3v) is 2.79. The van der Waals surface area contributed by atoms with E-state index in [-0.39, 0.29) is 5.91 Å². The van der Waals surface area contributed by atoms with E-state index < -0.39 is 0 Å². The SMILES string of the molecule is CC(C)Cc1c[nH]c(C(=O)N(C)c2cn[nH]c2)c1. The van der Waals surface area contributed by atoms with Crippen molar-refractivity contribution in [2.75, 3.05) is 11.9 Å². The Hall–Kier alpha value is -2.04. The highest BCUT2D eigenvalue weighted by molar-refractivity contribution is 6.04. The van der Waals surface area contributed by atoms with Gasteiger partial charge in [-0.1, -0.05) is 13.8 Å². The molecule has 0 aliphatic rings. The van der Waals surface area contributed by atoms with Gasteiger partial charge >= 0.3 is 0 Å². The Balaban J connectivity index is 2.11. The van der Waals surface area contributed by atoms with Crippen molar-refractivity contribution < 1.29 is 4.79 Å². The molecule has 0 unspecified atom stereocenters. The highest BCUT2D eigenvalue weighted by Gasteiger charge is 2.16. The van der Waals surface area contributed by atoms with Gasteiger partial charge in [0, 0.05) is 19.4 Å². The number of hydrogen-bond acceptors (Lipinski definition) is 2. The number of hydrogen-bond donors (Lipinski definition) is 2. The Labute approximate surface area is 106 Å². The number of anilines is 1. The van der Waals surface area contributed by atoms with Crippen molar-refractivity contribution in [2.45, 2.75) is 20.3 Å². The van der Waals surface area contributed by atoms with Crippen LogP contribution in [0.2, 0.25) is 0 Å². The van der Waals surface area contributed by atoms with Crippen molar-refractivity contribution in [3.05, 3.63) is 35.9 Å². The number of nitrogens with zero attached hydrogens (tertiary/aromatic N) is 2. The molecule has 5 nitrogen and oxygen atoms in total. The third-order valence-electron chi connectivity index (χ3n) is 2.79. The van der Waals surface area contributed by atoms with Crippen molar-refractivity contribution in [2.24, 2.45) is 5.92 Å². The summed E-state index contributed by atoms with van der Waals surface area (Å²) in [6.07, 6.45) is 6.18. The van der Waals surface area contributed by atoms with Gasteiger partial charge in [0.2, 0.25) is 0 Å². The van der Waals surface area contributed by atoms with Gasteiger partial charge in [-0.05, 0) is 24.0 Å². The minimum absolute atomic E-state index is 0.0635. The molecule has 0 spiro atoms. The molecule has 2 aromatic rings. The van der Waals surface area contributed by atoms with Crippen molar-refractivity contribution in [1.82, 2.24) is 15.2 Å². The third kappa shape index (κ3) is 2.61. The summed E-state index contributed by atoms with van der Waals surface area (Å²) in [5.74, 6) is 0.516. The van der Waals surface area contributed by atoms with E-state index >= 15 is 0 Å². The van der Waals surface area contributed by atoms with Gasteiger partial charge in [0.25, 0.3) is 5.91 Å². The highest BCUT2D eigenvalue weighted by atomic mass is 16.2. The van der Waals surface area contributed by atoms with Crippen LogP contribution in [0, 0.1) is 5.92 Å². The van der Waals surface area contributed by atoms with Crippen LogP contribution in [0.4, 0.5) is 5.69 Å². The van der Waals surface area contributed by atoms with Crippen LogP contribution in [0.1, 0.15) is 29.9 Å². The van der Waals surface area contributed by atoms with Crippen molar-refractivity contribution >= 4 is 11.6 Å². The van der Waals surface area contributed by atoms with Crippen LogP contribution >= 0.6 is 0 Å². The molecule has 0 bridgehead atoms. The molecule has 2 N–H and O–H groups in total. The molecular formula is C13H18N4O. The number of nitrogens with one attached hydrogen (secondary N) is 2. The smallest absolute Gasteiger partial charge is 0.274 e. The average molecular weight is 246 g/mol. The van der Waals surface area contributed by atoms with E-state index in [0.29, 0.717) is 11.6 Å². The number of amides is 1. The summed E-state index contributed by atoms with van der Waals surface area (Å²) in [4.78, 5) is 16.8. The Bertz CT molecular complexity index is 513. The first-order valence-electron chi connectivity index (χ1n) is 6.02. The number of rotatable bonds is 4. The second-order valence-corrected chi connectivity index (χ2v) is 4.84. The van der Waals surface area contributed by atoms with Gasteiger partial charge in [-0.2, -0.15) is 5.10 Å². The predicted molar refractivity (Wildman–Crippen MR) is 70.7 cm³/mol. The molecular weight excluding hydrogens is 228 g/mol. The van der Waals surface area contributed by atoms with E-state index in [1.54, 1.807) is 24.3 Å². The van der Waals surface area contributed by atoms with Gasteiger partial charge in [0.1, 0.15) is 5.69 Å². The largest absolute Gasteiger partial charge is 0.357 e. The van der Waals surface area contributed by atoms with Gasteiger partial charge in [0.05, 0.1) is 11.9 Å². The molecule has 0 saturated heterocycles. The maximum absolute atomic E-state index is 12.2. The maximum atomic E-state index is 12.2. The van der Waals surface area contributed by atoms with Gasteiger partial charge in [-0.15, -0.1) is 0 Å². The Morgan fingerprint density at radius 3 is 2.83 bits per heavy atom. The van der Waals surface area contributed by atoms with Crippen molar-refractivity contribution in [3.8, 4) is 0 Å². The molecule has 0 radical (unpaired) electrons. The number of aromatic amines is 2. The molecule has 18 heavy (non-hydrogen) atoms. The minimum atomic E-state index is -0.0635. The van der Waals surface area contributed by atoms with Gasteiger partial charge in [-0.25, -0.2) is 0 Å². The molecule has 2 heterocycles. The topological polar surface area (TPSA) is 64.8 Å². The lowest BCUT2D eigenvalue weighted by atomic mass is 10.1. The van der Waals surface area contributed by atoms with Crippen LogP contribution < -0.4 is 4.90 Å². The standard InChI is InChI=1S/C13H18N4O/c1-9(2)4-10-5-12(14-6-10)13(18)17(3)11-7-15-16-8-11/h5-9,14H,4H2,1-3H3,(H,15,16). The fourth-order valence-corrected chi connectivity index (χ4v) is 1.88. The molecule has 2 rings (SSSR count). The van der Waals surface area contributed by atoms with Crippen LogP contribution in [0.25, 0.3) is 0 Å². The lowest BCUT2D eigenvalue weighted by Gasteiger charge is -2.13. The van der Waals surface area contributed by atoms with E-state index in [1.165, 1.54) is 0 Å². The van der Waals surface area contributed by atoms with Crippen LogP contribution in [-0.4, -0.2) is 28.1 Å². The summed E-state index contributed by atoms with van der Waals surface area (Å²) < 4.78 is 0. The summed E-state index contributed by atoms with van der Waals surface area (Å²) in [5, 5.41) is 6.53. The number of carbonyl (C=O) groups excluding carboxylic acids is 1. The second-order valence-electron chi connectivity index (χ2n) is 4.84. The summed E-state index contributed by atoms with van der Waals surface area (Å²) in [7, 11) is 1.73. The number of carbonyl (C=O) groups is 1. The number of aromatic nitrogens is 3. The predicted octanol–water partition coefficient (Wildman–Crippen LogP) is 2.21. The molecule has 0 saturated carbocycles. The van der Waals surface area contributed by atoms with Gasteiger partial charge in [-0.3, -0.25) is 9.89 Å². The quantitative estimate of drug-likeness (QED) is 0.868. The summed E-state index contributed by atoms with van der Waals surface area (Å²) in [6.45, 7) is 4.32. The van der Waals surface area contributed by atoms with Gasteiger partial charge in [0.15, 0.2) is 0 Å². The first kappa shape index (κ1) is 12.4. The Kier molecular flexibility index (Phi) is 3.50. The van der Waals surface area contributed by atoms with Crippen LogP contribution in [0.3, 0.4) is 0 Å². The molecule has 0 aliphatic carbocycles. The zero-order chi connectivity index (χ0) is 13.1. The molecule has 1 amide bonds. The molecule has 0 aromatic carbocycles. The summed E-state index contributed by atoms with van der Waals surface area (Å²) in [5.41, 5.74) is 2.52. The summed E-state index contributed by atoms with van der Waals surface area (Å²) in [6, 6.07) is 1.92. The molecule has 0 fully saturated rings. The Morgan fingerprint density at radius 1 is 1.44 bits per heavy atom. The molecule has 0 atom stereocenters. The lowest BCUT2D eigenvalue weighted by Crippen LogP contribution is -2.26. The van der Waals surface area contributed by atoms with Crippen LogP contribution in [-0.2, 0) is 6.42 Å². The van der Waals surface area contributed by atoms with Crippen LogP contribution in [0.15, 0.2) is 24.7 Å². The van der Waals surface area contributed by atoms with E-state index in [0.717, 1.165) is 17.7 Å². The minimum Gasteiger partial charge on any atom is -0.357 e. The monoisotopic (exact) mass is 246 g/mol. The normalized spacial score (nSPS) is 10.9. The van der Waals surface area contributed by atoms with E-state index in [2.05, 4.69) is 29.0 Å². The number of H-pyrrole nitrogens is 2. The van der Waals surface area contributed by atoms with E-state index in [9.17, 15) is 4.79 Å². The van der Waals surface area contributed by atoms with Crippen molar-refractivity contribution in [1.29, 1.82) is 0 Å². The molecule has 96 valence electrons. The van der Waals surface area contributed by atoms with Crippen molar-refractivity contribution in [3.63, 3.8) is 0 Å². The van der Waals surface area contributed by atoms with E-state index in [4.69, 9.17) is 0 Å². The molecule has 5 heteroatoms.